The molecule has 1 N–H and O–H groups in total. The number of carbonyl (C=O) groups is 1. The van der Waals surface area contributed by atoms with Crippen LogP contribution >= 0.6 is 0 Å². The van der Waals surface area contributed by atoms with E-state index in [1.165, 1.54) is 6.08 Å². The van der Waals surface area contributed by atoms with Crippen LogP contribution < -0.4 is 5.32 Å². The highest BCUT2D eigenvalue weighted by Gasteiger charge is 2.31. The van der Waals surface area contributed by atoms with E-state index in [9.17, 15) is 18.5 Å². The standard InChI is InChI=1S/C16H22N4O3S/c1-10(2)18-16(21)13(8-17)7-15-11(3)19-20(12(15)4)14-5-6-24(22,23)9-14/h7,10,14H,5-6,9H2,1-4H3,(H,18,21)/b13-7+/t14-/m1/s1. The van der Waals surface area contributed by atoms with Gasteiger partial charge in [0.1, 0.15) is 11.6 Å². The third-order valence-corrected chi connectivity index (χ3v) is 5.76. The lowest BCUT2D eigenvalue weighted by Gasteiger charge is -2.11. The second-order valence-corrected chi connectivity index (χ2v) is 8.61. The lowest BCUT2D eigenvalue weighted by molar-refractivity contribution is -0.117. The van der Waals surface area contributed by atoms with Crippen LogP contribution in [0.15, 0.2) is 5.57 Å². The first kappa shape index (κ1) is 18.2. The molecule has 1 aromatic heterocycles. The summed E-state index contributed by atoms with van der Waals surface area (Å²) in [4.78, 5) is 12.1. The Kier molecular flexibility index (Phi) is 5.13. The second kappa shape index (κ2) is 6.77. The van der Waals surface area contributed by atoms with E-state index in [1.807, 2.05) is 26.8 Å². The van der Waals surface area contributed by atoms with Gasteiger partial charge in [-0.15, -0.1) is 0 Å². The monoisotopic (exact) mass is 350 g/mol. The molecule has 2 heterocycles. The van der Waals surface area contributed by atoms with Gasteiger partial charge in [-0.25, -0.2) is 8.42 Å². The summed E-state index contributed by atoms with van der Waals surface area (Å²) >= 11 is 0. The van der Waals surface area contributed by atoms with Crippen molar-refractivity contribution in [3.05, 3.63) is 22.5 Å². The van der Waals surface area contributed by atoms with Crippen LogP contribution in [-0.4, -0.2) is 41.7 Å². The lowest BCUT2D eigenvalue weighted by atomic mass is 10.1. The van der Waals surface area contributed by atoms with Gasteiger partial charge < -0.3 is 5.32 Å². The summed E-state index contributed by atoms with van der Waals surface area (Å²) in [6.07, 6.45) is 2.06. The van der Waals surface area contributed by atoms with Crippen LogP contribution in [0.4, 0.5) is 0 Å². The molecule has 1 aliphatic rings. The molecule has 1 aliphatic heterocycles. The average molecular weight is 350 g/mol. The molecule has 2 rings (SSSR count). The molecule has 0 unspecified atom stereocenters. The van der Waals surface area contributed by atoms with Crippen molar-refractivity contribution < 1.29 is 13.2 Å². The van der Waals surface area contributed by atoms with Crippen LogP contribution in [0, 0.1) is 25.2 Å². The summed E-state index contributed by atoms with van der Waals surface area (Å²) < 4.78 is 25.1. The number of amides is 1. The SMILES string of the molecule is Cc1nn([C@@H]2CCS(=O)(=O)C2)c(C)c1/C=C(\C#N)C(=O)NC(C)C. The molecule has 0 bridgehead atoms. The molecule has 1 aromatic rings. The van der Waals surface area contributed by atoms with Crippen LogP contribution in [0.2, 0.25) is 0 Å². The zero-order chi connectivity index (χ0) is 18.1. The van der Waals surface area contributed by atoms with Crippen molar-refractivity contribution in [3.8, 4) is 6.07 Å². The Labute approximate surface area is 142 Å². The third kappa shape index (κ3) is 3.85. The number of nitriles is 1. The number of hydrogen-bond acceptors (Lipinski definition) is 5. The van der Waals surface area contributed by atoms with Crippen molar-refractivity contribution in [2.45, 2.75) is 46.2 Å². The molecule has 130 valence electrons. The Morgan fingerprint density at radius 3 is 2.62 bits per heavy atom. The Balaban J connectivity index is 2.37. The van der Waals surface area contributed by atoms with E-state index in [0.29, 0.717) is 17.7 Å². The molecule has 1 fully saturated rings. The van der Waals surface area contributed by atoms with Crippen LogP contribution in [0.25, 0.3) is 6.08 Å². The molecule has 7 nitrogen and oxygen atoms in total. The molecule has 1 saturated heterocycles. The fourth-order valence-corrected chi connectivity index (χ4v) is 4.53. The van der Waals surface area contributed by atoms with Crippen LogP contribution in [-0.2, 0) is 14.6 Å². The molecule has 0 aromatic carbocycles. The summed E-state index contributed by atoms with van der Waals surface area (Å²) in [5.41, 5.74) is 2.13. The van der Waals surface area contributed by atoms with Crippen molar-refractivity contribution >= 4 is 21.8 Å². The normalized spacial score (nSPS) is 20.2. The maximum Gasteiger partial charge on any atom is 0.262 e. The minimum absolute atomic E-state index is 0.00786. The fraction of sp³-hybridized carbons (Fsp3) is 0.562. The van der Waals surface area contributed by atoms with E-state index in [0.717, 1.165) is 5.69 Å². The van der Waals surface area contributed by atoms with E-state index in [1.54, 1.807) is 11.6 Å². The lowest BCUT2D eigenvalue weighted by Crippen LogP contribution is -2.30. The summed E-state index contributed by atoms with van der Waals surface area (Å²) in [5, 5.41) is 16.4. The molecule has 8 heteroatoms. The zero-order valence-electron chi connectivity index (χ0n) is 14.3. The fourth-order valence-electron chi connectivity index (χ4n) is 2.84. The van der Waals surface area contributed by atoms with Gasteiger partial charge in [0, 0.05) is 17.3 Å². The van der Waals surface area contributed by atoms with Crippen molar-refractivity contribution in [3.63, 3.8) is 0 Å². The number of carbonyl (C=O) groups excluding carboxylic acids is 1. The van der Waals surface area contributed by atoms with Gasteiger partial charge in [-0.05, 0) is 40.2 Å². The highest BCUT2D eigenvalue weighted by atomic mass is 32.2. The molecule has 0 radical (unpaired) electrons. The highest BCUT2D eigenvalue weighted by Crippen LogP contribution is 2.27. The van der Waals surface area contributed by atoms with Crippen molar-refractivity contribution in [1.82, 2.24) is 15.1 Å². The second-order valence-electron chi connectivity index (χ2n) is 6.38. The van der Waals surface area contributed by atoms with Gasteiger partial charge in [-0.1, -0.05) is 0 Å². The summed E-state index contributed by atoms with van der Waals surface area (Å²) in [6, 6.07) is 1.66. The van der Waals surface area contributed by atoms with Crippen LogP contribution in [0.1, 0.15) is 43.3 Å². The number of aryl methyl sites for hydroxylation is 1. The van der Waals surface area contributed by atoms with E-state index in [2.05, 4.69) is 10.4 Å². The third-order valence-electron chi connectivity index (χ3n) is 4.01. The molecular weight excluding hydrogens is 328 g/mol. The van der Waals surface area contributed by atoms with Crippen molar-refractivity contribution in [2.24, 2.45) is 0 Å². The quantitative estimate of drug-likeness (QED) is 0.651. The first-order valence-electron chi connectivity index (χ1n) is 7.83. The van der Waals surface area contributed by atoms with E-state index < -0.39 is 15.7 Å². The maximum atomic E-state index is 12.1. The molecule has 1 amide bonds. The Morgan fingerprint density at radius 1 is 1.46 bits per heavy atom. The van der Waals surface area contributed by atoms with Gasteiger partial charge >= 0.3 is 0 Å². The molecular formula is C16H22N4O3S. The number of aromatic nitrogens is 2. The first-order valence-corrected chi connectivity index (χ1v) is 9.65. The van der Waals surface area contributed by atoms with Gasteiger partial charge in [0.15, 0.2) is 9.84 Å². The average Bonchev–Trinajstić information content (AvgIpc) is 2.96. The number of nitrogens with one attached hydrogen (secondary N) is 1. The summed E-state index contributed by atoms with van der Waals surface area (Å²) in [7, 11) is -3.01. The van der Waals surface area contributed by atoms with Gasteiger partial charge in [0.2, 0.25) is 0 Å². The molecule has 0 aliphatic carbocycles. The minimum Gasteiger partial charge on any atom is -0.349 e. The van der Waals surface area contributed by atoms with E-state index >= 15 is 0 Å². The van der Waals surface area contributed by atoms with Gasteiger partial charge in [0.05, 0.1) is 23.2 Å². The maximum absolute atomic E-state index is 12.1. The largest absolute Gasteiger partial charge is 0.349 e. The number of rotatable bonds is 4. The van der Waals surface area contributed by atoms with Gasteiger partial charge in [-0.3, -0.25) is 9.48 Å². The van der Waals surface area contributed by atoms with Crippen molar-refractivity contribution in [2.75, 3.05) is 11.5 Å². The summed E-state index contributed by atoms with van der Waals surface area (Å²) in [5.74, 6) is -0.180. The summed E-state index contributed by atoms with van der Waals surface area (Å²) in [6.45, 7) is 7.25. The number of nitrogens with zero attached hydrogens (tertiary/aromatic N) is 3. The van der Waals surface area contributed by atoms with Crippen molar-refractivity contribution in [1.29, 1.82) is 5.26 Å². The minimum atomic E-state index is -3.01. The Bertz CT molecular complexity index is 828. The van der Waals surface area contributed by atoms with E-state index in [4.69, 9.17) is 0 Å². The predicted octanol–water partition coefficient (Wildman–Crippen LogP) is 1.29. The predicted molar refractivity (Wildman–Crippen MR) is 90.9 cm³/mol. The van der Waals surface area contributed by atoms with Crippen LogP contribution in [0.5, 0.6) is 0 Å². The topological polar surface area (TPSA) is 105 Å². The number of sulfone groups is 1. The van der Waals surface area contributed by atoms with E-state index in [-0.39, 0.29) is 29.2 Å². The highest BCUT2D eigenvalue weighted by molar-refractivity contribution is 7.91. The first-order chi connectivity index (χ1) is 11.1. The molecule has 24 heavy (non-hydrogen) atoms. The number of hydrogen-bond donors (Lipinski definition) is 1. The van der Waals surface area contributed by atoms with Gasteiger partial charge in [-0.2, -0.15) is 10.4 Å². The molecule has 0 saturated carbocycles. The Hall–Kier alpha value is -2.14. The Morgan fingerprint density at radius 2 is 2.12 bits per heavy atom. The van der Waals surface area contributed by atoms with Gasteiger partial charge in [0.25, 0.3) is 5.91 Å². The smallest absolute Gasteiger partial charge is 0.262 e. The molecule has 1 atom stereocenters. The molecule has 0 spiro atoms. The van der Waals surface area contributed by atoms with Crippen LogP contribution in [0.3, 0.4) is 0 Å². The zero-order valence-corrected chi connectivity index (χ0v) is 15.1.